The van der Waals surface area contributed by atoms with Crippen molar-refractivity contribution in [1.29, 1.82) is 0 Å². The number of amides is 1. The van der Waals surface area contributed by atoms with Crippen LogP contribution in [0.15, 0.2) is 6.07 Å². The van der Waals surface area contributed by atoms with Gasteiger partial charge in [-0.1, -0.05) is 6.92 Å². The van der Waals surface area contributed by atoms with E-state index >= 15 is 0 Å². The summed E-state index contributed by atoms with van der Waals surface area (Å²) in [5.74, 6) is 0.724. The summed E-state index contributed by atoms with van der Waals surface area (Å²) in [6.07, 6.45) is 1.99. The van der Waals surface area contributed by atoms with Gasteiger partial charge >= 0.3 is 0 Å². The van der Waals surface area contributed by atoms with Gasteiger partial charge in [-0.05, 0) is 12.8 Å². The molecule has 1 unspecified atom stereocenters. The molecule has 6 heteroatoms. The molecule has 1 amide bonds. The van der Waals surface area contributed by atoms with E-state index in [0.29, 0.717) is 18.3 Å². The first-order valence-electron chi connectivity index (χ1n) is 6.34. The zero-order chi connectivity index (χ0) is 13.0. The summed E-state index contributed by atoms with van der Waals surface area (Å²) < 4.78 is 5.32. The lowest BCUT2D eigenvalue weighted by Gasteiger charge is -2.20. The largest absolute Gasteiger partial charge is 0.381 e. The molecule has 0 radical (unpaired) electrons. The smallest absolute Gasteiger partial charge is 0.229 e. The van der Waals surface area contributed by atoms with Gasteiger partial charge in [0.1, 0.15) is 0 Å². The minimum Gasteiger partial charge on any atom is -0.381 e. The molecule has 0 bridgehead atoms. The number of nitrogens with zero attached hydrogens (tertiary/aromatic N) is 1. The first-order chi connectivity index (χ1) is 8.70. The number of hydrogen-bond acceptors (Lipinski definition) is 4. The summed E-state index contributed by atoms with van der Waals surface area (Å²) >= 11 is 0. The molecule has 1 aliphatic heterocycles. The highest BCUT2D eigenvalue weighted by atomic mass is 16.5. The van der Waals surface area contributed by atoms with Crippen LogP contribution in [0.25, 0.3) is 0 Å². The van der Waals surface area contributed by atoms with Crippen LogP contribution in [0, 0.1) is 5.92 Å². The molecule has 0 saturated carbocycles. The highest BCUT2D eigenvalue weighted by Crippen LogP contribution is 2.26. The minimum atomic E-state index is -0.201. The Morgan fingerprint density at radius 3 is 3.06 bits per heavy atom. The number of anilines is 1. The summed E-state index contributed by atoms with van der Waals surface area (Å²) in [4.78, 5) is 11.7. The molecule has 2 rings (SSSR count). The number of carbonyl (C=O) groups is 1. The van der Waals surface area contributed by atoms with Crippen LogP contribution >= 0.6 is 0 Å². The normalized spacial score (nSPS) is 18.6. The van der Waals surface area contributed by atoms with Gasteiger partial charge in [-0.2, -0.15) is 5.10 Å². The number of nitrogens with two attached hydrogens (primary N) is 1. The number of ether oxygens (including phenoxy) is 1. The third-order valence-electron chi connectivity index (χ3n) is 3.31. The number of rotatable bonds is 4. The van der Waals surface area contributed by atoms with E-state index in [2.05, 4.69) is 15.5 Å². The Labute approximate surface area is 106 Å². The van der Waals surface area contributed by atoms with E-state index in [0.717, 1.165) is 31.7 Å². The maximum Gasteiger partial charge on any atom is 0.229 e. The second-order valence-corrected chi connectivity index (χ2v) is 4.72. The van der Waals surface area contributed by atoms with Gasteiger partial charge in [-0.3, -0.25) is 9.89 Å². The zero-order valence-corrected chi connectivity index (χ0v) is 10.6. The number of aromatic nitrogens is 2. The van der Waals surface area contributed by atoms with Crippen LogP contribution in [0.3, 0.4) is 0 Å². The number of hydrogen-bond donors (Lipinski definition) is 3. The van der Waals surface area contributed by atoms with E-state index in [-0.39, 0.29) is 11.8 Å². The molecule has 1 aromatic heterocycles. The van der Waals surface area contributed by atoms with E-state index in [1.54, 1.807) is 6.92 Å². The summed E-state index contributed by atoms with van der Waals surface area (Å²) in [6, 6.07) is 1.90. The average molecular weight is 252 g/mol. The number of nitrogens with one attached hydrogen (secondary N) is 2. The fraction of sp³-hybridized carbons (Fsp3) is 0.667. The molecular weight excluding hydrogens is 232 g/mol. The molecule has 4 N–H and O–H groups in total. The Kier molecular flexibility index (Phi) is 4.33. The van der Waals surface area contributed by atoms with Crippen LogP contribution in [0.1, 0.15) is 31.4 Å². The Morgan fingerprint density at radius 1 is 1.67 bits per heavy atom. The quantitative estimate of drug-likeness (QED) is 0.740. The van der Waals surface area contributed by atoms with Gasteiger partial charge < -0.3 is 15.8 Å². The van der Waals surface area contributed by atoms with Gasteiger partial charge in [-0.15, -0.1) is 0 Å². The molecule has 0 aromatic carbocycles. The first kappa shape index (κ1) is 13.0. The predicted octanol–water partition coefficient (Wildman–Crippen LogP) is 0.837. The third-order valence-corrected chi connectivity index (χ3v) is 3.31. The van der Waals surface area contributed by atoms with Gasteiger partial charge in [-0.25, -0.2) is 0 Å². The minimum absolute atomic E-state index is 0.0949. The fourth-order valence-corrected chi connectivity index (χ4v) is 1.97. The third kappa shape index (κ3) is 3.08. The van der Waals surface area contributed by atoms with Crippen LogP contribution in [-0.2, 0) is 9.53 Å². The first-order valence-corrected chi connectivity index (χ1v) is 6.34. The second kappa shape index (κ2) is 5.97. The van der Waals surface area contributed by atoms with Crippen molar-refractivity contribution < 1.29 is 9.53 Å². The Morgan fingerprint density at radius 2 is 2.39 bits per heavy atom. The molecule has 6 nitrogen and oxygen atoms in total. The van der Waals surface area contributed by atoms with Crippen LogP contribution in [0.2, 0.25) is 0 Å². The van der Waals surface area contributed by atoms with Crippen molar-refractivity contribution in [3.63, 3.8) is 0 Å². The van der Waals surface area contributed by atoms with Gasteiger partial charge in [0.25, 0.3) is 0 Å². The van der Waals surface area contributed by atoms with Gasteiger partial charge in [0, 0.05) is 43.4 Å². The summed E-state index contributed by atoms with van der Waals surface area (Å²) in [6.45, 7) is 3.70. The predicted molar refractivity (Wildman–Crippen MR) is 68.2 cm³/mol. The lowest BCUT2D eigenvalue weighted by atomic mass is 9.97. The molecule has 100 valence electrons. The molecule has 1 aromatic rings. The monoisotopic (exact) mass is 252 g/mol. The highest BCUT2D eigenvalue weighted by Gasteiger charge is 2.19. The van der Waals surface area contributed by atoms with Gasteiger partial charge in [0.15, 0.2) is 5.82 Å². The average Bonchev–Trinajstić information content (AvgIpc) is 2.87. The van der Waals surface area contributed by atoms with Crippen molar-refractivity contribution >= 4 is 11.7 Å². The van der Waals surface area contributed by atoms with Gasteiger partial charge in [0.2, 0.25) is 5.91 Å². The van der Waals surface area contributed by atoms with Crippen LogP contribution in [0.5, 0.6) is 0 Å². The topological polar surface area (TPSA) is 93.0 Å². The SMILES string of the molecule is CC(CN)C(=O)Nc1cc(C2CCOCC2)[nH]n1. The molecular formula is C12H20N4O2. The fourth-order valence-electron chi connectivity index (χ4n) is 1.97. The summed E-state index contributed by atoms with van der Waals surface area (Å²) in [5.41, 5.74) is 6.51. The van der Waals surface area contributed by atoms with E-state index in [4.69, 9.17) is 10.5 Å². The molecule has 1 aliphatic rings. The van der Waals surface area contributed by atoms with Crippen molar-refractivity contribution in [2.75, 3.05) is 25.1 Å². The molecule has 0 spiro atoms. The molecule has 2 heterocycles. The number of aromatic amines is 1. The van der Waals surface area contributed by atoms with E-state index in [1.165, 1.54) is 0 Å². The number of carbonyl (C=O) groups excluding carboxylic acids is 1. The van der Waals surface area contributed by atoms with Crippen LogP contribution < -0.4 is 11.1 Å². The van der Waals surface area contributed by atoms with Crippen LogP contribution in [0.4, 0.5) is 5.82 Å². The van der Waals surface area contributed by atoms with Crippen molar-refractivity contribution in [3.8, 4) is 0 Å². The lowest BCUT2D eigenvalue weighted by Crippen LogP contribution is -2.26. The molecule has 1 saturated heterocycles. The van der Waals surface area contributed by atoms with Crippen molar-refractivity contribution in [2.24, 2.45) is 11.7 Å². The maximum absolute atomic E-state index is 11.7. The van der Waals surface area contributed by atoms with E-state index < -0.39 is 0 Å². The number of H-pyrrole nitrogens is 1. The second-order valence-electron chi connectivity index (χ2n) is 4.72. The molecule has 18 heavy (non-hydrogen) atoms. The highest BCUT2D eigenvalue weighted by molar-refractivity contribution is 5.91. The van der Waals surface area contributed by atoms with E-state index in [9.17, 15) is 4.79 Å². The van der Waals surface area contributed by atoms with Gasteiger partial charge in [0.05, 0.1) is 0 Å². The Bertz CT molecular complexity index is 399. The van der Waals surface area contributed by atoms with E-state index in [1.807, 2.05) is 6.07 Å². The van der Waals surface area contributed by atoms with Crippen LogP contribution in [-0.4, -0.2) is 35.9 Å². The molecule has 1 fully saturated rings. The van der Waals surface area contributed by atoms with Crippen molar-refractivity contribution in [3.05, 3.63) is 11.8 Å². The Hall–Kier alpha value is -1.40. The standard InChI is InChI=1S/C12H20N4O2/c1-8(7-13)12(17)14-11-6-10(15-16-11)9-2-4-18-5-3-9/h6,8-9H,2-5,7,13H2,1H3,(H2,14,15,16,17). The lowest BCUT2D eigenvalue weighted by molar-refractivity contribution is -0.119. The summed E-state index contributed by atoms with van der Waals surface area (Å²) in [5, 5.41) is 9.86. The summed E-state index contributed by atoms with van der Waals surface area (Å²) in [7, 11) is 0. The Balaban J connectivity index is 1.95. The van der Waals surface area contributed by atoms with Crippen molar-refractivity contribution in [1.82, 2.24) is 10.2 Å². The molecule has 0 aliphatic carbocycles. The molecule has 1 atom stereocenters. The maximum atomic E-state index is 11.7. The van der Waals surface area contributed by atoms with Crippen molar-refractivity contribution in [2.45, 2.75) is 25.7 Å². The zero-order valence-electron chi connectivity index (χ0n) is 10.6.